The van der Waals surface area contributed by atoms with Gasteiger partial charge in [0.1, 0.15) is 0 Å². The van der Waals surface area contributed by atoms with E-state index >= 15 is 0 Å². The molecule has 2 aromatic heterocycles. The van der Waals surface area contributed by atoms with Crippen molar-refractivity contribution in [3.63, 3.8) is 0 Å². The SMILES string of the molecule is c1onnc1Sc1conn1. The Morgan fingerprint density at radius 3 is 1.91 bits per heavy atom. The van der Waals surface area contributed by atoms with Crippen LogP contribution in [0.1, 0.15) is 0 Å². The molecule has 0 spiro atoms. The Morgan fingerprint density at radius 1 is 1.00 bits per heavy atom. The van der Waals surface area contributed by atoms with Gasteiger partial charge >= 0.3 is 0 Å². The van der Waals surface area contributed by atoms with Crippen molar-refractivity contribution in [3.8, 4) is 0 Å². The summed E-state index contributed by atoms with van der Waals surface area (Å²) in [5.41, 5.74) is 0. The topological polar surface area (TPSA) is 77.8 Å². The molecule has 0 bridgehead atoms. The lowest BCUT2D eigenvalue weighted by Crippen LogP contribution is -1.73. The molecule has 56 valence electrons. The minimum atomic E-state index is 0.626. The van der Waals surface area contributed by atoms with Crippen molar-refractivity contribution in [1.29, 1.82) is 0 Å². The average molecular weight is 170 g/mol. The fourth-order valence-corrected chi connectivity index (χ4v) is 1.05. The van der Waals surface area contributed by atoms with Crippen molar-refractivity contribution < 1.29 is 9.05 Å². The molecule has 0 radical (unpaired) electrons. The van der Waals surface area contributed by atoms with Crippen LogP contribution in [0, 0.1) is 0 Å². The molecule has 6 nitrogen and oxygen atoms in total. The Hall–Kier alpha value is -1.37. The van der Waals surface area contributed by atoms with Gasteiger partial charge in [0.05, 0.1) is 0 Å². The van der Waals surface area contributed by atoms with Crippen molar-refractivity contribution in [3.05, 3.63) is 12.5 Å². The first kappa shape index (κ1) is 6.35. The molecular weight excluding hydrogens is 168 g/mol. The minimum Gasteiger partial charge on any atom is -0.344 e. The molecule has 0 atom stereocenters. The van der Waals surface area contributed by atoms with Crippen molar-refractivity contribution >= 4 is 11.8 Å². The molecule has 0 amide bonds. The number of rotatable bonds is 2. The van der Waals surface area contributed by atoms with E-state index < -0.39 is 0 Å². The van der Waals surface area contributed by atoms with Gasteiger partial charge in [0.15, 0.2) is 22.6 Å². The minimum absolute atomic E-state index is 0.626. The van der Waals surface area contributed by atoms with E-state index in [0.29, 0.717) is 10.1 Å². The fraction of sp³-hybridized carbons (Fsp3) is 0. The summed E-state index contributed by atoms with van der Waals surface area (Å²) >= 11 is 1.27. The van der Waals surface area contributed by atoms with Crippen LogP contribution in [0.15, 0.2) is 31.6 Å². The summed E-state index contributed by atoms with van der Waals surface area (Å²) in [5, 5.41) is 15.1. The normalized spacial score (nSPS) is 10.2. The molecule has 2 aromatic rings. The Labute approximate surface area is 64.9 Å². The van der Waals surface area contributed by atoms with Crippen LogP contribution in [0.4, 0.5) is 0 Å². The molecule has 11 heavy (non-hydrogen) atoms. The van der Waals surface area contributed by atoms with Gasteiger partial charge in [0.25, 0.3) is 0 Å². The average Bonchev–Trinajstić information content (AvgIpc) is 2.60. The van der Waals surface area contributed by atoms with E-state index in [2.05, 4.69) is 29.8 Å². The molecule has 0 aliphatic carbocycles. The summed E-state index contributed by atoms with van der Waals surface area (Å²) < 4.78 is 9.01. The van der Waals surface area contributed by atoms with E-state index in [-0.39, 0.29) is 0 Å². The van der Waals surface area contributed by atoms with Crippen molar-refractivity contribution in [2.45, 2.75) is 10.1 Å². The quantitative estimate of drug-likeness (QED) is 0.653. The Morgan fingerprint density at radius 2 is 1.55 bits per heavy atom. The highest BCUT2D eigenvalue weighted by Crippen LogP contribution is 2.22. The van der Waals surface area contributed by atoms with Crippen LogP contribution in [-0.4, -0.2) is 20.7 Å². The zero-order valence-electron chi connectivity index (χ0n) is 5.17. The molecule has 0 saturated heterocycles. The smallest absolute Gasteiger partial charge is 0.166 e. The lowest BCUT2D eigenvalue weighted by molar-refractivity contribution is 0.392. The second kappa shape index (κ2) is 2.70. The summed E-state index contributed by atoms with van der Waals surface area (Å²) in [4.78, 5) is 0. The van der Waals surface area contributed by atoms with Gasteiger partial charge in [-0.25, -0.2) is 0 Å². The Balaban J connectivity index is 2.14. The summed E-state index contributed by atoms with van der Waals surface area (Å²) in [6.07, 6.45) is 2.83. The first-order chi connectivity index (χ1) is 5.45. The summed E-state index contributed by atoms with van der Waals surface area (Å²) in [7, 11) is 0. The van der Waals surface area contributed by atoms with Gasteiger partial charge in [-0.3, -0.25) is 0 Å². The predicted octanol–water partition coefficient (Wildman–Crippen LogP) is 0.604. The molecule has 0 aliphatic rings. The fourth-order valence-electron chi connectivity index (χ4n) is 0.508. The van der Waals surface area contributed by atoms with Gasteiger partial charge in [-0.2, -0.15) is 0 Å². The van der Waals surface area contributed by atoms with E-state index in [0.717, 1.165) is 0 Å². The molecule has 2 heterocycles. The monoisotopic (exact) mass is 170 g/mol. The van der Waals surface area contributed by atoms with Crippen LogP contribution in [0.25, 0.3) is 0 Å². The number of nitrogens with zero attached hydrogens (tertiary/aromatic N) is 4. The van der Waals surface area contributed by atoms with Crippen LogP contribution in [0.2, 0.25) is 0 Å². The zero-order valence-corrected chi connectivity index (χ0v) is 5.98. The highest BCUT2D eigenvalue weighted by molar-refractivity contribution is 7.99. The number of hydrogen-bond donors (Lipinski definition) is 0. The molecule has 2 rings (SSSR count). The second-order valence-corrected chi connectivity index (χ2v) is 2.63. The van der Waals surface area contributed by atoms with Crippen LogP contribution in [0.5, 0.6) is 0 Å². The Kier molecular flexibility index (Phi) is 1.56. The van der Waals surface area contributed by atoms with Gasteiger partial charge in [-0.1, -0.05) is 0 Å². The van der Waals surface area contributed by atoms with Gasteiger partial charge in [-0.15, -0.1) is 10.2 Å². The highest BCUT2D eigenvalue weighted by Gasteiger charge is 2.03. The summed E-state index contributed by atoms with van der Waals surface area (Å²) in [6.45, 7) is 0. The molecule has 0 fully saturated rings. The number of hydrogen-bond acceptors (Lipinski definition) is 7. The third-order valence-corrected chi connectivity index (χ3v) is 1.66. The molecule has 7 heteroatoms. The summed E-state index contributed by atoms with van der Waals surface area (Å²) in [5.74, 6) is 0. The summed E-state index contributed by atoms with van der Waals surface area (Å²) in [6, 6.07) is 0. The molecule has 0 aromatic carbocycles. The van der Waals surface area contributed by atoms with Gasteiger partial charge in [-0.05, 0) is 11.8 Å². The maximum Gasteiger partial charge on any atom is 0.166 e. The van der Waals surface area contributed by atoms with Gasteiger partial charge < -0.3 is 9.05 Å². The zero-order chi connectivity index (χ0) is 7.52. The van der Waals surface area contributed by atoms with Crippen molar-refractivity contribution in [2.24, 2.45) is 0 Å². The van der Waals surface area contributed by atoms with Gasteiger partial charge in [0, 0.05) is 10.5 Å². The molecule has 0 unspecified atom stereocenters. The van der Waals surface area contributed by atoms with E-state index in [9.17, 15) is 0 Å². The van der Waals surface area contributed by atoms with Crippen LogP contribution >= 0.6 is 11.8 Å². The lowest BCUT2D eigenvalue weighted by atomic mass is 11.0. The Bertz CT molecular complexity index is 272. The van der Waals surface area contributed by atoms with Crippen LogP contribution < -0.4 is 0 Å². The first-order valence-electron chi connectivity index (χ1n) is 2.67. The molecule has 0 saturated carbocycles. The van der Waals surface area contributed by atoms with Crippen molar-refractivity contribution in [2.75, 3.05) is 0 Å². The van der Waals surface area contributed by atoms with Crippen LogP contribution in [0.3, 0.4) is 0 Å². The third kappa shape index (κ3) is 1.37. The molecule has 0 N–H and O–H groups in total. The van der Waals surface area contributed by atoms with E-state index in [1.165, 1.54) is 24.3 Å². The van der Waals surface area contributed by atoms with E-state index in [1.807, 2.05) is 0 Å². The molecular formula is C4H2N4O2S. The third-order valence-electron chi connectivity index (χ3n) is 0.889. The van der Waals surface area contributed by atoms with E-state index in [4.69, 9.17) is 0 Å². The highest BCUT2D eigenvalue weighted by atomic mass is 32.2. The maximum atomic E-state index is 4.50. The van der Waals surface area contributed by atoms with Gasteiger partial charge in [0.2, 0.25) is 0 Å². The first-order valence-corrected chi connectivity index (χ1v) is 3.49. The predicted molar refractivity (Wildman–Crippen MR) is 32.7 cm³/mol. The second-order valence-electron chi connectivity index (χ2n) is 1.59. The van der Waals surface area contributed by atoms with Crippen molar-refractivity contribution in [1.82, 2.24) is 20.7 Å². The standard InChI is InChI=1S/C4H2N4O2S/c1-3(5-7-9-1)11-4-2-10-8-6-4/h1-2H. The van der Waals surface area contributed by atoms with E-state index in [1.54, 1.807) is 0 Å². The molecule has 0 aliphatic heterocycles. The lowest BCUT2D eigenvalue weighted by Gasteiger charge is -1.81. The van der Waals surface area contributed by atoms with Crippen LogP contribution in [-0.2, 0) is 0 Å². The largest absolute Gasteiger partial charge is 0.344 e. The maximum absolute atomic E-state index is 4.50. The number of aromatic nitrogens is 4.